The first-order valence-electron chi connectivity index (χ1n) is 5.96. The third kappa shape index (κ3) is 2.63. The number of anilines is 1. The second kappa shape index (κ2) is 5.07. The number of piperidine rings is 1. The third-order valence-corrected chi connectivity index (χ3v) is 5.38. The van der Waals surface area contributed by atoms with Gasteiger partial charge in [-0.15, -0.1) is 0 Å². The van der Waals surface area contributed by atoms with Crippen LogP contribution in [0.5, 0.6) is 0 Å². The van der Waals surface area contributed by atoms with Gasteiger partial charge in [0, 0.05) is 18.1 Å². The third-order valence-electron chi connectivity index (χ3n) is 3.21. The highest BCUT2D eigenvalue weighted by molar-refractivity contribution is 7.89. The normalized spacial score (nSPS) is 22.0. The topological polar surface area (TPSA) is 63.4 Å². The van der Waals surface area contributed by atoms with Crippen molar-refractivity contribution in [3.63, 3.8) is 0 Å². The maximum atomic E-state index is 12.5. The molecule has 1 fully saturated rings. The van der Waals surface area contributed by atoms with Gasteiger partial charge in [-0.2, -0.15) is 4.31 Å². The zero-order chi connectivity index (χ0) is 13.3. The van der Waals surface area contributed by atoms with Gasteiger partial charge in [-0.1, -0.05) is 18.5 Å². The highest BCUT2D eigenvalue weighted by Crippen LogP contribution is 2.28. The first kappa shape index (κ1) is 13.6. The van der Waals surface area contributed by atoms with Crippen molar-refractivity contribution in [1.29, 1.82) is 0 Å². The van der Waals surface area contributed by atoms with Crippen molar-refractivity contribution >= 4 is 27.3 Å². The number of benzene rings is 1. The summed E-state index contributed by atoms with van der Waals surface area (Å²) in [6.07, 6.45) is 1.97. The molecule has 0 bridgehead atoms. The Hall–Kier alpha value is -0.780. The fourth-order valence-electron chi connectivity index (χ4n) is 2.26. The molecule has 1 saturated heterocycles. The molecule has 100 valence electrons. The minimum atomic E-state index is -3.49. The van der Waals surface area contributed by atoms with Gasteiger partial charge in [0.25, 0.3) is 0 Å². The molecule has 0 amide bonds. The predicted molar refractivity (Wildman–Crippen MR) is 73.0 cm³/mol. The quantitative estimate of drug-likeness (QED) is 0.850. The lowest BCUT2D eigenvalue weighted by atomic mass is 10.0. The van der Waals surface area contributed by atoms with E-state index >= 15 is 0 Å². The van der Waals surface area contributed by atoms with Crippen LogP contribution in [0, 0.1) is 5.92 Å². The molecule has 2 rings (SSSR count). The number of rotatable bonds is 2. The molecule has 18 heavy (non-hydrogen) atoms. The summed E-state index contributed by atoms with van der Waals surface area (Å²) >= 11 is 5.79. The molecule has 1 atom stereocenters. The predicted octanol–water partition coefficient (Wildman–Crippen LogP) is 2.34. The molecule has 6 heteroatoms. The fourth-order valence-corrected chi connectivity index (χ4v) is 4.13. The van der Waals surface area contributed by atoms with Gasteiger partial charge in [0.15, 0.2) is 0 Å². The highest BCUT2D eigenvalue weighted by atomic mass is 35.5. The second-order valence-corrected chi connectivity index (χ2v) is 7.14. The maximum Gasteiger partial charge on any atom is 0.245 e. The Labute approximate surface area is 113 Å². The van der Waals surface area contributed by atoms with E-state index in [0.717, 1.165) is 12.8 Å². The van der Waals surface area contributed by atoms with Crippen molar-refractivity contribution in [2.24, 2.45) is 5.92 Å². The van der Waals surface area contributed by atoms with Gasteiger partial charge >= 0.3 is 0 Å². The average Bonchev–Trinajstić information content (AvgIpc) is 2.28. The first-order valence-corrected chi connectivity index (χ1v) is 7.78. The molecule has 1 heterocycles. The lowest BCUT2D eigenvalue weighted by Gasteiger charge is -2.30. The zero-order valence-corrected chi connectivity index (χ0v) is 11.8. The van der Waals surface area contributed by atoms with Gasteiger partial charge in [-0.25, -0.2) is 8.42 Å². The second-order valence-electron chi connectivity index (χ2n) is 4.79. The summed E-state index contributed by atoms with van der Waals surface area (Å²) in [5.41, 5.74) is 5.97. The molecule has 2 N–H and O–H groups in total. The van der Waals surface area contributed by atoms with Crippen LogP contribution in [0.25, 0.3) is 0 Å². The SMILES string of the molecule is CC1CCCN(S(=O)(=O)c2ccc(Cl)cc2N)C1. The van der Waals surface area contributed by atoms with Crippen LogP contribution in [0.4, 0.5) is 5.69 Å². The molecule has 0 spiro atoms. The lowest BCUT2D eigenvalue weighted by Crippen LogP contribution is -2.39. The fraction of sp³-hybridized carbons (Fsp3) is 0.500. The summed E-state index contributed by atoms with van der Waals surface area (Å²) in [5.74, 6) is 0.391. The minimum Gasteiger partial charge on any atom is -0.398 e. The number of nitrogen functional groups attached to an aromatic ring is 1. The smallest absolute Gasteiger partial charge is 0.245 e. The van der Waals surface area contributed by atoms with Crippen LogP contribution >= 0.6 is 11.6 Å². The van der Waals surface area contributed by atoms with Crippen LogP contribution in [-0.2, 0) is 10.0 Å². The summed E-state index contributed by atoms with van der Waals surface area (Å²) in [6.45, 7) is 3.19. The first-order chi connectivity index (χ1) is 8.41. The summed E-state index contributed by atoms with van der Waals surface area (Å²) in [5, 5.41) is 0.443. The molecular weight excluding hydrogens is 272 g/mol. The monoisotopic (exact) mass is 288 g/mol. The molecule has 1 aliphatic heterocycles. The van der Waals surface area contributed by atoms with Gasteiger partial charge in [0.1, 0.15) is 4.90 Å². The van der Waals surface area contributed by atoms with Gasteiger partial charge in [0.2, 0.25) is 10.0 Å². The standard InChI is InChI=1S/C12H17ClN2O2S/c1-9-3-2-6-15(8-9)18(16,17)12-5-4-10(13)7-11(12)14/h4-5,7,9H,2-3,6,8,14H2,1H3. The Bertz CT molecular complexity index is 545. The summed E-state index contributed by atoms with van der Waals surface area (Å²) in [7, 11) is -3.49. The average molecular weight is 289 g/mol. The summed E-state index contributed by atoms with van der Waals surface area (Å²) in [6, 6.07) is 4.51. The van der Waals surface area contributed by atoms with Crippen LogP contribution in [0.1, 0.15) is 19.8 Å². The number of halogens is 1. The molecule has 0 aliphatic carbocycles. The van der Waals surface area contributed by atoms with E-state index in [2.05, 4.69) is 6.92 Å². The molecule has 1 aromatic rings. The van der Waals surface area contributed by atoms with Crippen molar-refractivity contribution in [3.05, 3.63) is 23.2 Å². The van der Waals surface area contributed by atoms with E-state index in [1.807, 2.05) is 0 Å². The number of hydrogen-bond acceptors (Lipinski definition) is 3. The van der Waals surface area contributed by atoms with Gasteiger partial charge in [-0.05, 0) is 37.0 Å². The van der Waals surface area contributed by atoms with Crippen molar-refractivity contribution in [2.45, 2.75) is 24.7 Å². The van der Waals surface area contributed by atoms with Gasteiger partial charge < -0.3 is 5.73 Å². The zero-order valence-electron chi connectivity index (χ0n) is 10.3. The number of nitrogens with zero attached hydrogens (tertiary/aromatic N) is 1. The van der Waals surface area contributed by atoms with E-state index in [4.69, 9.17) is 17.3 Å². The number of sulfonamides is 1. The Balaban J connectivity index is 2.35. The van der Waals surface area contributed by atoms with E-state index < -0.39 is 10.0 Å². The van der Waals surface area contributed by atoms with Crippen LogP contribution in [-0.4, -0.2) is 25.8 Å². The maximum absolute atomic E-state index is 12.5. The molecule has 1 aromatic carbocycles. The summed E-state index contributed by atoms with van der Waals surface area (Å²) in [4.78, 5) is 0.154. The van der Waals surface area contributed by atoms with Crippen LogP contribution in [0.3, 0.4) is 0 Å². The molecule has 0 radical (unpaired) electrons. The summed E-state index contributed by atoms with van der Waals surface area (Å²) < 4.78 is 26.5. The minimum absolute atomic E-state index is 0.154. The molecular formula is C12H17ClN2O2S. The van der Waals surface area contributed by atoms with Crippen molar-refractivity contribution in [1.82, 2.24) is 4.31 Å². The molecule has 0 aromatic heterocycles. The molecule has 1 unspecified atom stereocenters. The molecule has 1 aliphatic rings. The Kier molecular flexibility index (Phi) is 3.84. The lowest BCUT2D eigenvalue weighted by molar-refractivity contribution is 0.281. The highest BCUT2D eigenvalue weighted by Gasteiger charge is 2.29. The van der Waals surface area contributed by atoms with Crippen molar-refractivity contribution in [3.8, 4) is 0 Å². The van der Waals surface area contributed by atoms with Crippen LogP contribution < -0.4 is 5.73 Å². The Morgan fingerprint density at radius 1 is 1.44 bits per heavy atom. The molecule has 0 saturated carbocycles. The van der Waals surface area contributed by atoms with E-state index in [-0.39, 0.29) is 10.6 Å². The van der Waals surface area contributed by atoms with Gasteiger partial charge in [0.05, 0.1) is 5.69 Å². The van der Waals surface area contributed by atoms with Crippen LogP contribution in [0.2, 0.25) is 5.02 Å². The molecule has 4 nitrogen and oxygen atoms in total. The van der Waals surface area contributed by atoms with Gasteiger partial charge in [-0.3, -0.25) is 0 Å². The van der Waals surface area contributed by atoms with E-state index in [1.54, 1.807) is 6.07 Å². The van der Waals surface area contributed by atoms with Crippen molar-refractivity contribution < 1.29 is 8.42 Å². The van der Waals surface area contributed by atoms with Crippen LogP contribution in [0.15, 0.2) is 23.1 Å². The Morgan fingerprint density at radius 3 is 2.78 bits per heavy atom. The number of hydrogen-bond donors (Lipinski definition) is 1. The van der Waals surface area contributed by atoms with E-state index in [1.165, 1.54) is 16.4 Å². The van der Waals surface area contributed by atoms with E-state index in [0.29, 0.717) is 24.0 Å². The van der Waals surface area contributed by atoms with E-state index in [9.17, 15) is 8.42 Å². The largest absolute Gasteiger partial charge is 0.398 e. The van der Waals surface area contributed by atoms with Crippen molar-refractivity contribution in [2.75, 3.05) is 18.8 Å². The number of nitrogens with two attached hydrogens (primary N) is 1. The Morgan fingerprint density at radius 2 is 2.17 bits per heavy atom.